The van der Waals surface area contributed by atoms with Crippen molar-refractivity contribution in [1.29, 1.82) is 0 Å². The summed E-state index contributed by atoms with van der Waals surface area (Å²) < 4.78 is 27.0. The normalized spacial score (nSPS) is 16.6. The van der Waals surface area contributed by atoms with Gasteiger partial charge in [0.2, 0.25) is 10.0 Å². The van der Waals surface area contributed by atoms with E-state index in [2.05, 4.69) is 4.72 Å². The Morgan fingerprint density at radius 2 is 2.00 bits per heavy atom. The van der Waals surface area contributed by atoms with Gasteiger partial charge in [0.1, 0.15) is 4.90 Å². The van der Waals surface area contributed by atoms with E-state index in [1.54, 1.807) is 18.2 Å². The maximum atomic E-state index is 12.2. The summed E-state index contributed by atoms with van der Waals surface area (Å²) in [6.07, 6.45) is 7.28. The average Bonchev–Trinajstić information content (AvgIpc) is 2.87. The Morgan fingerprint density at radius 1 is 1.30 bits per heavy atom. The molecular weight excluding hydrogens is 272 g/mol. The SMILES string of the molecule is Cc1ccc(S(=O)(=O)NCCCC2CCCC2)c(N)c1. The van der Waals surface area contributed by atoms with Gasteiger partial charge in [-0.05, 0) is 43.4 Å². The second-order valence-corrected chi connectivity index (χ2v) is 7.47. The Labute approximate surface area is 121 Å². The summed E-state index contributed by atoms with van der Waals surface area (Å²) in [4.78, 5) is 0.184. The van der Waals surface area contributed by atoms with Crippen LogP contribution in [0.25, 0.3) is 0 Å². The second kappa shape index (κ2) is 6.59. The zero-order valence-corrected chi connectivity index (χ0v) is 12.9. The first-order valence-corrected chi connectivity index (χ1v) is 8.83. The molecule has 1 fully saturated rings. The fraction of sp³-hybridized carbons (Fsp3) is 0.600. The number of nitrogens with one attached hydrogen (secondary N) is 1. The summed E-state index contributed by atoms with van der Waals surface area (Å²) in [5.74, 6) is 0.795. The first-order chi connectivity index (χ1) is 9.49. The highest BCUT2D eigenvalue weighted by atomic mass is 32.2. The number of hydrogen-bond donors (Lipinski definition) is 2. The van der Waals surface area contributed by atoms with Gasteiger partial charge in [0.15, 0.2) is 0 Å². The lowest BCUT2D eigenvalue weighted by Crippen LogP contribution is -2.26. The van der Waals surface area contributed by atoms with Crippen LogP contribution in [0.15, 0.2) is 23.1 Å². The molecule has 5 heteroatoms. The van der Waals surface area contributed by atoms with Crippen molar-refractivity contribution in [3.63, 3.8) is 0 Å². The number of benzene rings is 1. The summed E-state index contributed by atoms with van der Waals surface area (Å²) in [6, 6.07) is 5.03. The van der Waals surface area contributed by atoms with E-state index in [1.165, 1.54) is 25.7 Å². The molecule has 1 saturated carbocycles. The molecule has 1 aliphatic carbocycles. The molecule has 0 aliphatic heterocycles. The molecule has 0 heterocycles. The quantitative estimate of drug-likeness (QED) is 0.626. The Hall–Kier alpha value is -1.07. The van der Waals surface area contributed by atoms with Gasteiger partial charge in [-0.25, -0.2) is 13.1 Å². The smallest absolute Gasteiger partial charge is 0.242 e. The topological polar surface area (TPSA) is 72.2 Å². The Bertz CT molecular complexity index is 549. The predicted molar refractivity (Wildman–Crippen MR) is 82.0 cm³/mol. The van der Waals surface area contributed by atoms with Crippen molar-refractivity contribution < 1.29 is 8.42 Å². The largest absolute Gasteiger partial charge is 0.398 e. The molecule has 4 nitrogen and oxygen atoms in total. The molecule has 0 atom stereocenters. The van der Waals surface area contributed by atoms with Crippen molar-refractivity contribution in [3.05, 3.63) is 23.8 Å². The van der Waals surface area contributed by atoms with Gasteiger partial charge < -0.3 is 5.73 Å². The van der Waals surface area contributed by atoms with Crippen molar-refractivity contribution in [2.24, 2.45) is 5.92 Å². The van der Waals surface area contributed by atoms with Crippen LogP contribution in [0.4, 0.5) is 5.69 Å². The highest BCUT2D eigenvalue weighted by Crippen LogP contribution is 2.28. The number of aryl methyl sites for hydroxylation is 1. The molecule has 1 aromatic carbocycles. The van der Waals surface area contributed by atoms with E-state index in [0.717, 1.165) is 24.3 Å². The van der Waals surface area contributed by atoms with Gasteiger partial charge in [0.05, 0.1) is 5.69 Å². The lowest BCUT2D eigenvalue weighted by atomic mass is 10.0. The third-order valence-corrected chi connectivity index (χ3v) is 5.55. The maximum absolute atomic E-state index is 12.2. The maximum Gasteiger partial charge on any atom is 0.242 e. The summed E-state index contributed by atoms with van der Waals surface area (Å²) in [6.45, 7) is 2.38. The predicted octanol–water partition coefficient (Wildman–Crippen LogP) is 2.83. The molecule has 0 aromatic heterocycles. The Kier molecular flexibility index (Phi) is 5.05. The molecular formula is C15H24N2O2S. The van der Waals surface area contributed by atoms with E-state index in [1.807, 2.05) is 6.92 Å². The minimum Gasteiger partial charge on any atom is -0.398 e. The zero-order chi connectivity index (χ0) is 14.6. The van der Waals surface area contributed by atoms with Crippen LogP contribution >= 0.6 is 0 Å². The molecule has 0 amide bonds. The van der Waals surface area contributed by atoms with Crippen LogP contribution in [0.3, 0.4) is 0 Å². The highest BCUT2D eigenvalue weighted by Gasteiger charge is 2.18. The minimum absolute atomic E-state index is 0.184. The molecule has 1 aromatic rings. The van der Waals surface area contributed by atoms with E-state index in [-0.39, 0.29) is 4.90 Å². The number of nitrogen functional groups attached to an aromatic ring is 1. The third-order valence-electron chi connectivity index (χ3n) is 4.01. The van der Waals surface area contributed by atoms with E-state index in [0.29, 0.717) is 12.2 Å². The van der Waals surface area contributed by atoms with E-state index in [9.17, 15) is 8.42 Å². The zero-order valence-electron chi connectivity index (χ0n) is 12.1. The number of hydrogen-bond acceptors (Lipinski definition) is 3. The summed E-state index contributed by atoms with van der Waals surface area (Å²) in [7, 11) is -3.48. The monoisotopic (exact) mass is 296 g/mol. The fourth-order valence-corrected chi connectivity index (χ4v) is 4.07. The van der Waals surface area contributed by atoms with Gasteiger partial charge in [0.25, 0.3) is 0 Å². The van der Waals surface area contributed by atoms with Crippen LogP contribution in [0.1, 0.15) is 44.1 Å². The van der Waals surface area contributed by atoms with Crippen molar-refractivity contribution in [2.45, 2.75) is 50.3 Å². The molecule has 0 radical (unpaired) electrons. The number of anilines is 1. The number of sulfonamides is 1. The van der Waals surface area contributed by atoms with Gasteiger partial charge in [-0.2, -0.15) is 0 Å². The van der Waals surface area contributed by atoms with Crippen LogP contribution < -0.4 is 10.5 Å². The first kappa shape index (κ1) is 15.3. The van der Waals surface area contributed by atoms with Gasteiger partial charge in [0, 0.05) is 6.54 Å². The summed E-state index contributed by atoms with van der Waals surface area (Å²) in [5.41, 5.74) is 7.07. The van der Waals surface area contributed by atoms with Gasteiger partial charge in [-0.15, -0.1) is 0 Å². The lowest BCUT2D eigenvalue weighted by molar-refractivity contribution is 0.480. The van der Waals surface area contributed by atoms with Crippen LogP contribution in [0.5, 0.6) is 0 Å². The average molecular weight is 296 g/mol. The molecule has 0 bridgehead atoms. The van der Waals surface area contributed by atoms with Crippen LogP contribution in [-0.2, 0) is 10.0 Å². The van der Waals surface area contributed by atoms with Gasteiger partial charge in [-0.3, -0.25) is 0 Å². The summed E-state index contributed by atoms with van der Waals surface area (Å²) >= 11 is 0. The molecule has 0 saturated heterocycles. The summed E-state index contributed by atoms with van der Waals surface area (Å²) in [5, 5.41) is 0. The number of nitrogens with two attached hydrogens (primary N) is 1. The van der Waals surface area contributed by atoms with Crippen molar-refractivity contribution in [3.8, 4) is 0 Å². The Morgan fingerprint density at radius 3 is 2.65 bits per heavy atom. The van der Waals surface area contributed by atoms with E-state index in [4.69, 9.17) is 5.73 Å². The van der Waals surface area contributed by atoms with Crippen molar-refractivity contribution in [1.82, 2.24) is 4.72 Å². The van der Waals surface area contributed by atoms with Crippen LogP contribution in [-0.4, -0.2) is 15.0 Å². The van der Waals surface area contributed by atoms with Crippen molar-refractivity contribution in [2.75, 3.05) is 12.3 Å². The Balaban J connectivity index is 1.87. The van der Waals surface area contributed by atoms with Gasteiger partial charge >= 0.3 is 0 Å². The number of rotatable bonds is 6. The molecule has 0 unspecified atom stereocenters. The molecule has 112 valence electrons. The first-order valence-electron chi connectivity index (χ1n) is 7.35. The molecule has 1 aliphatic rings. The van der Waals surface area contributed by atoms with Crippen LogP contribution in [0.2, 0.25) is 0 Å². The minimum atomic E-state index is -3.48. The molecule has 20 heavy (non-hydrogen) atoms. The van der Waals surface area contributed by atoms with E-state index >= 15 is 0 Å². The molecule has 0 spiro atoms. The lowest BCUT2D eigenvalue weighted by Gasteiger charge is -2.11. The van der Waals surface area contributed by atoms with E-state index < -0.39 is 10.0 Å². The highest BCUT2D eigenvalue weighted by molar-refractivity contribution is 7.89. The third kappa shape index (κ3) is 3.96. The second-order valence-electron chi connectivity index (χ2n) is 5.73. The fourth-order valence-electron chi connectivity index (χ4n) is 2.89. The standard InChI is InChI=1S/C15H24N2O2S/c1-12-8-9-15(14(16)11-12)20(18,19)17-10-4-7-13-5-2-3-6-13/h8-9,11,13,17H,2-7,10,16H2,1H3. The van der Waals surface area contributed by atoms with Gasteiger partial charge in [-0.1, -0.05) is 31.7 Å². The molecule has 2 rings (SSSR count). The molecule has 3 N–H and O–H groups in total. The van der Waals surface area contributed by atoms with Crippen molar-refractivity contribution >= 4 is 15.7 Å². The van der Waals surface area contributed by atoms with Crippen LogP contribution in [0, 0.1) is 12.8 Å².